The van der Waals surface area contributed by atoms with Gasteiger partial charge in [-0.25, -0.2) is 9.48 Å². The molecule has 1 saturated carbocycles. The lowest BCUT2D eigenvalue weighted by atomic mass is 10.0. The summed E-state index contributed by atoms with van der Waals surface area (Å²) < 4.78 is 1.66. The van der Waals surface area contributed by atoms with Gasteiger partial charge in [0.15, 0.2) is 0 Å². The number of urea groups is 1. The summed E-state index contributed by atoms with van der Waals surface area (Å²) in [6.45, 7) is -0.454. The fourth-order valence-corrected chi connectivity index (χ4v) is 4.67. The first-order valence-electron chi connectivity index (χ1n) is 12.1. The fourth-order valence-electron chi connectivity index (χ4n) is 4.32. The summed E-state index contributed by atoms with van der Waals surface area (Å²) in [6.07, 6.45) is 3.45. The third kappa shape index (κ3) is 7.01. The van der Waals surface area contributed by atoms with Crippen LogP contribution in [0.1, 0.15) is 42.9 Å². The average molecular weight is 546 g/mol. The van der Waals surface area contributed by atoms with Crippen molar-refractivity contribution in [1.29, 1.82) is 0 Å². The minimum atomic E-state index is -1.00. The Balaban J connectivity index is 1.55. The van der Waals surface area contributed by atoms with Gasteiger partial charge in [-0.15, -0.1) is 0 Å². The van der Waals surface area contributed by atoms with Crippen LogP contribution in [-0.2, 0) is 11.2 Å². The highest BCUT2D eigenvalue weighted by Crippen LogP contribution is 2.35. The van der Waals surface area contributed by atoms with Gasteiger partial charge in [0, 0.05) is 18.5 Å². The third-order valence-corrected chi connectivity index (χ3v) is 7.03. The second-order valence-corrected chi connectivity index (χ2v) is 9.80. The molecule has 5 N–H and O–H groups in total. The number of rotatable bonds is 9. The van der Waals surface area contributed by atoms with Gasteiger partial charge >= 0.3 is 6.03 Å². The molecule has 9 nitrogen and oxygen atoms in total. The molecule has 1 unspecified atom stereocenters. The number of anilines is 2. The number of nitrogens with zero attached hydrogens (tertiary/aromatic N) is 2. The predicted octanol–water partition coefficient (Wildman–Crippen LogP) is 4.49. The zero-order valence-corrected chi connectivity index (χ0v) is 21.6. The van der Waals surface area contributed by atoms with Crippen LogP contribution in [0.2, 0.25) is 10.0 Å². The van der Waals surface area contributed by atoms with Crippen LogP contribution in [0.5, 0.6) is 0 Å². The molecule has 1 aliphatic rings. The van der Waals surface area contributed by atoms with Crippen molar-refractivity contribution in [2.75, 3.05) is 23.8 Å². The molecule has 196 valence electrons. The van der Waals surface area contributed by atoms with E-state index in [2.05, 4.69) is 16.0 Å². The summed E-state index contributed by atoms with van der Waals surface area (Å²) in [4.78, 5) is 25.2. The van der Waals surface area contributed by atoms with Crippen LogP contribution in [0.3, 0.4) is 0 Å². The molecular weight excluding hydrogens is 517 g/mol. The number of aliphatic hydroxyl groups is 2. The number of aliphatic hydroxyl groups excluding tert-OH is 2. The number of carbonyl (C=O) groups is 2. The van der Waals surface area contributed by atoms with Crippen molar-refractivity contribution >= 4 is 46.6 Å². The highest BCUT2D eigenvalue weighted by Gasteiger charge is 2.23. The highest BCUT2D eigenvalue weighted by molar-refractivity contribution is 6.44. The number of hydrogen-bond acceptors (Lipinski definition) is 5. The van der Waals surface area contributed by atoms with Crippen molar-refractivity contribution < 1.29 is 19.8 Å². The maximum atomic E-state index is 12.9. The van der Waals surface area contributed by atoms with E-state index in [0.717, 1.165) is 36.9 Å². The van der Waals surface area contributed by atoms with E-state index < -0.39 is 18.7 Å². The first-order valence-corrected chi connectivity index (χ1v) is 12.9. The summed E-state index contributed by atoms with van der Waals surface area (Å²) in [5, 5.41) is 31.9. The Morgan fingerprint density at radius 2 is 1.84 bits per heavy atom. The van der Waals surface area contributed by atoms with E-state index in [4.69, 9.17) is 33.4 Å². The summed E-state index contributed by atoms with van der Waals surface area (Å²) in [5.74, 6) is 0.511. The Bertz CT molecular complexity index is 1260. The minimum Gasteiger partial charge on any atom is -0.394 e. The Morgan fingerprint density at radius 3 is 2.59 bits per heavy atom. The first kappa shape index (κ1) is 26.9. The van der Waals surface area contributed by atoms with Gasteiger partial charge in [0.25, 0.3) is 0 Å². The second-order valence-electron chi connectivity index (χ2n) is 9.02. The van der Waals surface area contributed by atoms with Gasteiger partial charge in [-0.3, -0.25) is 10.1 Å². The molecule has 1 fully saturated rings. The van der Waals surface area contributed by atoms with Crippen LogP contribution in [-0.4, -0.2) is 51.2 Å². The molecule has 1 aliphatic carbocycles. The molecule has 0 saturated heterocycles. The molecule has 11 heteroatoms. The van der Waals surface area contributed by atoms with Crippen molar-refractivity contribution in [1.82, 2.24) is 15.1 Å². The average Bonchev–Trinajstić information content (AvgIpc) is 3.56. The van der Waals surface area contributed by atoms with Crippen molar-refractivity contribution in [3.05, 3.63) is 69.8 Å². The number of nitrogens with one attached hydrogen (secondary N) is 3. The molecule has 0 aliphatic heterocycles. The van der Waals surface area contributed by atoms with Crippen LogP contribution in [0.25, 0.3) is 5.69 Å². The van der Waals surface area contributed by atoms with Crippen LogP contribution in [0.4, 0.5) is 16.3 Å². The molecular formula is C26H29Cl2N5O4. The van der Waals surface area contributed by atoms with Gasteiger partial charge in [-0.1, -0.05) is 54.2 Å². The maximum Gasteiger partial charge on any atom is 0.324 e. The smallest absolute Gasteiger partial charge is 0.324 e. The molecule has 2 aromatic carbocycles. The van der Waals surface area contributed by atoms with Crippen LogP contribution < -0.4 is 16.0 Å². The predicted molar refractivity (Wildman–Crippen MR) is 144 cm³/mol. The Hall–Kier alpha value is -3.11. The monoisotopic (exact) mass is 545 g/mol. The zero-order valence-electron chi connectivity index (χ0n) is 20.1. The molecule has 0 bridgehead atoms. The Labute approximate surface area is 224 Å². The lowest BCUT2D eigenvalue weighted by molar-refractivity contribution is -0.121. The van der Waals surface area contributed by atoms with E-state index in [1.807, 2.05) is 30.3 Å². The van der Waals surface area contributed by atoms with Crippen LogP contribution >= 0.6 is 23.2 Å². The largest absolute Gasteiger partial charge is 0.394 e. The molecule has 3 amide bonds. The standard InChI is InChI=1S/C26H29Cl2N5O4/c27-20-9-4-10-21(25(20)28)30-26(37)31-23-13-22(17-6-1-2-7-17)32-33(23)18-8-3-5-16(11-18)12-24(36)29-14-19(35)15-34/h3-5,8-11,13,17,19,34-35H,1-2,6-7,12,14-15H2,(H,29,36)(H2,30,31,37). The summed E-state index contributed by atoms with van der Waals surface area (Å²) >= 11 is 12.3. The lowest BCUT2D eigenvalue weighted by Gasteiger charge is -2.12. The van der Waals surface area contributed by atoms with Crippen molar-refractivity contribution in [2.45, 2.75) is 44.1 Å². The molecule has 4 rings (SSSR count). The molecule has 1 heterocycles. The number of halogens is 2. The summed E-state index contributed by atoms with van der Waals surface area (Å²) in [7, 11) is 0. The van der Waals surface area contributed by atoms with E-state index in [9.17, 15) is 14.7 Å². The van der Waals surface area contributed by atoms with Gasteiger partial charge in [0.05, 0.1) is 46.2 Å². The first-order chi connectivity index (χ1) is 17.8. The zero-order chi connectivity index (χ0) is 26.4. The lowest BCUT2D eigenvalue weighted by Crippen LogP contribution is -2.34. The van der Waals surface area contributed by atoms with Crippen molar-refractivity contribution in [3.63, 3.8) is 0 Å². The Kier molecular flexibility index (Phi) is 9.04. The van der Waals surface area contributed by atoms with Gasteiger partial charge in [0.1, 0.15) is 5.82 Å². The molecule has 3 aromatic rings. The van der Waals surface area contributed by atoms with E-state index in [1.165, 1.54) is 0 Å². The van der Waals surface area contributed by atoms with Gasteiger partial charge in [-0.05, 0) is 42.7 Å². The topological polar surface area (TPSA) is 129 Å². The number of amides is 3. The Morgan fingerprint density at radius 1 is 1.08 bits per heavy atom. The number of hydrogen-bond donors (Lipinski definition) is 5. The minimum absolute atomic E-state index is 0.0290. The van der Waals surface area contributed by atoms with Gasteiger partial charge in [0.2, 0.25) is 5.91 Å². The molecule has 0 radical (unpaired) electrons. The SMILES string of the molecule is O=C(Cc1cccc(-n2nc(C3CCCC3)cc2NC(=O)Nc2cccc(Cl)c2Cl)c1)NCC(O)CO. The maximum absolute atomic E-state index is 12.9. The number of aromatic nitrogens is 2. The van der Waals surface area contributed by atoms with Crippen molar-refractivity contribution in [3.8, 4) is 5.69 Å². The fraction of sp³-hybridized carbons (Fsp3) is 0.346. The highest BCUT2D eigenvalue weighted by atomic mass is 35.5. The van der Waals surface area contributed by atoms with Crippen LogP contribution in [0.15, 0.2) is 48.5 Å². The van der Waals surface area contributed by atoms with Crippen LogP contribution in [0, 0.1) is 0 Å². The normalized spacial score (nSPS) is 14.4. The quantitative estimate of drug-likeness (QED) is 0.270. The second kappa shape index (κ2) is 12.4. The van der Waals surface area contributed by atoms with E-state index >= 15 is 0 Å². The molecule has 1 atom stereocenters. The molecule has 0 spiro atoms. The van der Waals surface area contributed by atoms with E-state index in [1.54, 1.807) is 22.9 Å². The molecule has 37 heavy (non-hydrogen) atoms. The van der Waals surface area contributed by atoms with Crippen molar-refractivity contribution in [2.24, 2.45) is 0 Å². The van der Waals surface area contributed by atoms with E-state index in [0.29, 0.717) is 28.1 Å². The number of benzene rings is 2. The van der Waals surface area contributed by atoms with E-state index in [-0.39, 0.29) is 23.9 Å². The number of carbonyl (C=O) groups excluding carboxylic acids is 2. The summed E-state index contributed by atoms with van der Waals surface area (Å²) in [5.41, 5.74) is 2.69. The third-order valence-electron chi connectivity index (χ3n) is 6.21. The summed E-state index contributed by atoms with van der Waals surface area (Å²) in [6, 6.07) is 13.7. The van der Waals surface area contributed by atoms with Gasteiger partial charge in [-0.2, -0.15) is 5.10 Å². The van der Waals surface area contributed by atoms with Gasteiger partial charge < -0.3 is 20.8 Å². The molecule has 1 aromatic heterocycles.